The van der Waals surface area contributed by atoms with Crippen LogP contribution in [0.2, 0.25) is 0 Å². The fourth-order valence-electron chi connectivity index (χ4n) is 2.46. The van der Waals surface area contributed by atoms with Crippen LogP contribution in [0.4, 0.5) is 13.2 Å². The minimum absolute atomic E-state index is 0.0613. The lowest BCUT2D eigenvalue weighted by atomic mass is 9.67. The van der Waals surface area contributed by atoms with Gasteiger partial charge in [-0.1, -0.05) is 0 Å². The maximum atomic E-state index is 12.2. The molecule has 0 radical (unpaired) electrons. The number of Topliss-reactive ketones (excluding diaryl/α,β-unsaturated/α-hetero) is 1. The van der Waals surface area contributed by atoms with Crippen LogP contribution in [0.5, 0.6) is 0 Å². The van der Waals surface area contributed by atoms with Gasteiger partial charge in [0.15, 0.2) is 5.78 Å². The molecule has 0 aromatic rings. The van der Waals surface area contributed by atoms with E-state index < -0.39 is 27.0 Å². The second-order valence-electron chi connectivity index (χ2n) is 4.55. The molecule has 8 heteroatoms. The predicted molar refractivity (Wildman–Crippen MR) is 50.4 cm³/mol. The van der Waals surface area contributed by atoms with Gasteiger partial charge in [-0.05, 0) is 31.6 Å². The molecule has 0 atom stereocenters. The summed E-state index contributed by atoms with van der Waals surface area (Å²) in [7, 11) is -5.70. The van der Waals surface area contributed by atoms with Gasteiger partial charge < -0.3 is 0 Å². The highest BCUT2D eigenvalue weighted by Crippen LogP contribution is 2.46. The molecule has 3 rings (SSSR count). The molecule has 3 aliphatic rings. The van der Waals surface area contributed by atoms with Crippen molar-refractivity contribution in [1.82, 2.24) is 0 Å². The van der Waals surface area contributed by atoms with Gasteiger partial charge in [-0.25, -0.2) is 4.18 Å². The third-order valence-corrected chi connectivity index (χ3v) is 4.55. The van der Waals surface area contributed by atoms with Crippen LogP contribution >= 0.6 is 0 Å². The summed E-state index contributed by atoms with van der Waals surface area (Å²) in [6.45, 7) is 0. The van der Waals surface area contributed by atoms with E-state index in [1.807, 2.05) is 0 Å². The van der Waals surface area contributed by atoms with Crippen molar-refractivity contribution in [2.24, 2.45) is 5.92 Å². The number of alkyl halides is 3. The van der Waals surface area contributed by atoms with Crippen molar-refractivity contribution in [2.45, 2.75) is 43.2 Å². The summed E-state index contributed by atoms with van der Waals surface area (Å²) in [6, 6.07) is 0. The molecule has 0 aromatic carbocycles. The summed E-state index contributed by atoms with van der Waals surface area (Å²) in [5, 5.41) is 0. The van der Waals surface area contributed by atoms with E-state index in [9.17, 15) is 26.4 Å². The highest BCUT2D eigenvalue weighted by molar-refractivity contribution is 7.87. The predicted octanol–water partition coefficient (Wildman–Crippen LogP) is 1.75. The van der Waals surface area contributed by atoms with Gasteiger partial charge in [-0.3, -0.25) is 4.79 Å². The van der Waals surface area contributed by atoms with Gasteiger partial charge in [0.1, 0.15) is 5.60 Å². The molecular formula is C9H11F3O4S. The van der Waals surface area contributed by atoms with Gasteiger partial charge in [-0.15, -0.1) is 0 Å². The molecule has 3 fully saturated rings. The van der Waals surface area contributed by atoms with Crippen LogP contribution < -0.4 is 0 Å². The molecule has 0 spiro atoms. The number of hydrogen-bond acceptors (Lipinski definition) is 4. The molecule has 0 heterocycles. The molecule has 0 unspecified atom stereocenters. The first-order valence-electron chi connectivity index (χ1n) is 5.21. The van der Waals surface area contributed by atoms with E-state index in [1.54, 1.807) is 0 Å². The Morgan fingerprint density at radius 2 is 1.76 bits per heavy atom. The first-order valence-corrected chi connectivity index (χ1v) is 6.62. The van der Waals surface area contributed by atoms with E-state index in [2.05, 4.69) is 4.18 Å². The van der Waals surface area contributed by atoms with Gasteiger partial charge in [0.25, 0.3) is 0 Å². The summed E-state index contributed by atoms with van der Waals surface area (Å²) in [5.74, 6) is -0.352. The highest BCUT2D eigenvalue weighted by Gasteiger charge is 2.57. The Labute approximate surface area is 96.3 Å². The van der Waals surface area contributed by atoms with Crippen LogP contribution in [0.3, 0.4) is 0 Å². The standard InChI is InChI=1S/C9H11F3O4S/c10-9(11,12)17(14,15)16-8-3-1-6(2-4-8)5-7(8)13/h6H,1-5H2. The Bertz CT molecular complexity index is 432. The van der Waals surface area contributed by atoms with Crippen LogP contribution in [0.15, 0.2) is 0 Å². The topological polar surface area (TPSA) is 60.4 Å². The Morgan fingerprint density at radius 3 is 2.18 bits per heavy atom. The van der Waals surface area contributed by atoms with Crippen molar-refractivity contribution in [2.75, 3.05) is 0 Å². The zero-order chi connectivity index (χ0) is 12.9. The minimum Gasteiger partial charge on any atom is -0.296 e. The Morgan fingerprint density at radius 1 is 1.24 bits per heavy atom. The Kier molecular flexibility index (Phi) is 2.77. The van der Waals surface area contributed by atoms with Crippen LogP contribution in [0.1, 0.15) is 32.1 Å². The van der Waals surface area contributed by atoms with Gasteiger partial charge in [-0.2, -0.15) is 21.6 Å². The molecular weight excluding hydrogens is 261 g/mol. The van der Waals surface area contributed by atoms with Crippen molar-refractivity contribution < 1.29 is 30.6 Å². The third-order valence-electron chi connectivity index (χ3n) is 3.45. The summed E-state index contributed by atoms with van der Waals surface area (Å²) >= 11 is 0. The smallest absolute Gasteiger partial charge is 0.296 e. The normalized spacial score (nSPS) is 34.1. The molecule has 0 saturated heterocycles. The second kappa shape index (κ2) is 3.68. The molecule has 4 nitrogen and oxygen atoms in total. The number of fused-ring (bicyclic) bond motifs is 3. The summed E-state index contributed by atoms with van der Waals surface area (Å²) in [5.41, 5.74) is -7.24. The average Bonchev–Trinajstić information content (AvgIpc) is 2.18. The van der Waals surface area contributed by atoms with Gasteiger partial charge >= 0.3 is 15.6 Å². The Balaban J connectivity index is 2.26. The number of ketones is 1. The summed E-state index contributed by atoms with van der Waals surface area (Å²) in [6.07, 6.45) is 1.32. The number of rotatable bonds is 2. The maximum Gasteiger partial charge on any atom is 0.523 e. The maximum absolute atomic E-state index is 12.2. The van der Waals surface area contributed by atoms with E-state index in [1.165, 1.54) is 0 Å². The number of carbonyl (C=O) groups is 1. The third kappa shape index (κ3) is 2.08. The molecule has 98 valence electrons. The zero-order valence-corrected chi connectivity index (χ0v) is 9.60. The lowest BCUT2D eigenvalue weighted by Crippen LogP contribution is -2.52. The number of carbonyl (C=O) groups excluding carboxylic acids is 1. The van der Waals surface area contributed by atoms with Crippen LogP contribution in [-0.2, 0) is 19.1 Å². The summed E-state index contributed by atoms with van der Waals surface area (Å²) < 4.78 is 62.8. The van der Waals surface area contributed by atoms with Crippen LogP contribution in [0, 0.1) is 5.92 Å². The molecule has 0 aromatic heterocycles. The van der Waals surface area contributed by atoms with E-state index >= 15 is 0 Å². The van der Waals surface area contributed by atoms with Gasteiger partial charge in [0.2, 0.25) is 0 Å². The molecule has 0 aliphatic heterocycles. The zero-order valence-electron chi connectivity index (χ0n) is 8.79. The van der Waals surface area contributed by atoms with Gasteiger partial charge in [0.05, 0.1) is 0 Å². The van der Waals surface area contributed by atoms with Crippen LogP contribution in [-0.4, -0.2) is 25.3 Å². The monoisotopic (exact) mass is 272 g/mol. The van der Waals surface area contributed by atoms with Crippen molar-refractivity contribution >= 4 is 15.9 Å². The number of hydrogen-bond donors (Lipinski definition) is 0. The van der Waals surface area contributed by atoms with Crippen molar-refractivity contribution in [3.8, 4) is 0 Å². The fraction of sp³-hybridized carbons (Fsp3) is 0.889. The van der Waals surface area contributed by atoms with Crippen molar-refractivity contribution in [1.29, 1.82) is 0 Å². The van der Waals surface area contributed by atoms with Crippen LogP contribution in [0.25, 0.3) is 0 Å². The SMILES string of the molecule is O=C1CC2CCC1(OS(=O)(=O)C(F)(F)F)CC2. The average molecular weight is 272 g/mol. The first kappa shape index (κ1) is 12.8. The lowest BCUT2D eigenvalue weighted by Gasteiger charge is -2.43. The molecule has 0 amide bonds. The van der Waals surface area contributed by atoms with E-state index in [0.29, 0.717) is 12.8 Å². The largest absolute Gasteiger partial charge is 0.523 e. The molecule has 0 N–H and O–H groups in total. The second-order valence-corrected chi connectivity index (χ2v) is 6.09. The van der Waals surface area contributed by atoms with E-state index in [0.717, 1.165) is 0 Å². The van der Waals surface area contributed by atoms with E-state index in [-0.39, 0.29) is 25.2 Å². The molecule has 2 bridgehead atoms. The molecule has 3 saturated carbocycles. The van der Waals surface area contributed by atoms with E-state index in [4.69, 9.17) is 0 Å². The molecule has 3 aliphatic carbocycles. The minimum atomic E-state index is -5.70. The van der Waals surface area contributed by atoms with Crippen molar-refractivity contribution in [3.05, 3.63) is 0 Å². The number of halogens is 3. The van der Waals surface area contributed by atoms with Crippen molar-refractivity contribution in [3.63, 3.8) is 0 Å². The summed E-state index contributed by atoms with van der Waals surface area (Å²) in [4.78, 5) is 11.6. The van der Waals surface area contributed by atoms with Gasteiger partial charge in [0, 0.05) is 6.42 Å². The fourth-order valence-corrected chi connectivity index (χ4v) is 3.24. The Hall–Kier alpha value is -0.630. The first-order chi connectivity index (χ1) is 7.66. The molecule has 17 heavy (non-hydrogen) atoms. The highest BCUT2D eigenvalue weighted by atomic mass is 32.2. The quantitative estimate of drug-likeness (QED) is 0.567. The lowest BCUT2D eigenvalue weighted by molar-refractivity contribution is -0.148.